The van der Waals surface area contributed by atoms with Crippen LogP contribution in [0.25, 0.3) is 22.2 Å². The fraction of sp³-hybridized carbons (Fsp3) is 0.238. The zero-order chi connectivity index (χ0) is 18.6. The number of pyridine rings is 2. The topological polar surface area (TPSA) is 76.5 Å². The van der Waals surface area contributed by atoms with Gasteiger partial charge in [0.2, 0.25) is 0 Å². The molecule has 4 rings (SSSR count). The van der Waals surface area contributed by atoms with Crippen LogP contribution in [-0.2, 0) is 4.84 Å². The van der Waals surface area contributed by atoms with Crippen molar-refractivity contribution in [3.8, 4) is 11.3 Å². The third kappa shape index (κ3) is 3.65. The molecular weight excluding hydrogens is 340 g/mol. The number of oxime groups is 1. The lowest BCUT2D eigenvalue weighted by Gasteiger charge is -2.12. The van der Waals surface area contributed by atoms with Crippen LogP contribution in [0.2, 0.25) is 0 Å². The van der Waals surface area contributed by atoms with E-state index in [1.54, 1.807) is 12.4 Å². The molecule has 0 saturated carbocycles. The summed E-state index contributed by atoms with van der Waals surface area (Å²) < 4.78 is 0. The third-order valence-corrected chi connectivity index (χ3v) is 4.61. The Hall–Kier alpha value is -3.28. The van der Waals surface area contributed by atoms with E-state index in [1.807, 2.05) is 49.4 Å². The Balaban J connectivity index is 1.61. The monoisotopic (exact) mass is 360 g/mol. The minimum absolute atomic E-state index is 0.102. The second kappa shape index (κ2) is 7.53. The molecule has 0 aliphatic carbocycles. The van der Waals surface area contributed by atoms with E-state index in [2.05, 4.69) is 20.4 Å². The average Bonchev–Trinajstić information content (AvgIpc) is 3.20. The van der Waals surface area contributed by atoms with Gasteiger partial charge in [0.05, 0.1) is 29.0 Å². The zero-order valence-electron chi connectivity index (χ0n) is 15.1. The number of rotatable bonds is 5. The van der Waals surface area contributed by atoms with Gasteiger partial charge in [-0.05, 0) is 30.7 Å². The van der Waals surface area contributed by atoms with E-state index in [0.29, 0.717) is 12.1 Å². The molecule has 0 unspecified atom stereocenters. The minimum atomic E-state index is -0.146. The summed E-state index contributed by atoms with van der Waals surface area (Å²) in [6.45, 7) is 2.47. The maximum atomic E-state index is 12.9. The molecular formula is C21H20N4O2. The van der Waals surface area contributed by atoms with Gasteiger partial charge in [-0.3, -0.25) is 9.78 Å². The molecule has 0 radical (unpaired) electrons. The van der Waals surface area contributed by atoms with Gasteiger partial charge >= 0.3 is 0 Å². The maximum Gasteiger partial charge on any atom is 0.252 e. The smallest absolute Gasteiger partial charge is 0.252 e. The fourth-order valence-corrected chi connectivity index (χ4v) is 3.13. The highest BCUT2D eigenvalue weighted by Crippen LogP contribution is 2.24. The highest BCUT2D eigenvalue weighted by Gasteiger charge is 2.21. The number of carbonyl (C=O) groups is 1. The Morgan fingerprint density at radius 2 is 2.15 bits per heavy atom. The van der Waals surface area contributed by atoms with Crippen LogP contribution in [0.1, 0.15) is 30.1 Å². The van der Waals surface area contributed by atoms with Gasteiger partial charge in [-0.1, -0.05) is 30.3 Å². The summed E-state index contributed by atoms with van der Waals surface area (Å²) >= 11 is 0. The lowest BCUT2D eigenvalue weighted by molar-refractivity contribution is 0.0754. The number of hydrogen-bond acceptors (Lipinski definition) is 5. The first-order valence-electron chi connectivity index (χ1n) is 9.04. The molecule has 1 amide bonds. The third-order valence-electron chi connectivity index (χ3n) is 4.61. The number of nitrogens with one attached hydrogen (secondary N) is 1. The van der Waals surface area contributed by atoms with E-state index in [1.165, 1.54) is 0 Å². The first-order valence-corrected chi connectivity index (χ1v) is 9.04. The van der Waals surface area contributed by atoms with E-state index in [0.717, 1.165) is 40.7 Å². The highest BCUT2D eigenvalue weighted by atomic mass is 16.6. The van der Waals surface area contributed by atoms with E-state index in [-0.39, 0.29) is 12.0 Å². The molecule has 1 aliphatic rings. The summed E-state index contributed by atoms with van der Waals surface area (Å²) in [5, 5.41) is 7.83. The van der Waals surface area contributed by atoms with Crippen molar-refractivity contribution in [2.75, 3.05) is 6.54 Å². The molecule has 1 N–H and O–H groups in total. The lowest BCUT2D eigenvalue weighted by atomic mass is 10.0. The van der Waals surface area contributed by atoms with Crippen LogP contribution in [0.4, 0.5) is 0 Å². The van der Waals surface area contributed by atoms with Crippen molar-refractivity contribution in [3.05, 3.63) is 60.4 Å². The number of para-hydroxylation sites is 1. The SMILES string of the molecule is CCC1=NO[C@@H](CNC(=O)c2cc(-c3cccnc3)nc3ccccc23)C1. The molecule has 6 heteroatoms. The van der Waals surface area contributed by atoms with Gasteiger partial charge in [0.25, 0.3) is 5.91 Å². The van der Waals surface area contributed by atoms with E-state index in [4.69, 9.17) is 4.84 Å². The quantitative estimate of drug-likeness (QED) is 0.754. The first-order chi connectivity index (χ1) is 13.2. The Bertz CT molecular complexity index is 1000. The van der Waals surface area contributed by atoms with E-state index in [9.17, 15) is 4.79 Å². The number of nitrogens with zero attached hydrogens (tertiary/aromatic N) is 3. The average molecular weight is 360 g/mol. The van der Waals surface area contributed by atoms with Crippen molar-refractivity contribution in [1.29, 1.82) is 0 Å². The van der Waals surface area contributed by atoms with Crippen molar-refractivity contribution in [1.82, 2.24) is 15.3 Å². The predicted molar refractivity (Wildman–Crippen MR) is 105 cm³/mol. The molecule has 1 atom stereocenters. The van der Waals surface area contributed by atoms with E-state index >= 15 is 0 Å². The molecule has 2 aromatic heterocycles. The van der Waals surface area contributed by atoms with Crippen molar-refractivity contribution in [3.63, 3.8) is 0 Å². The van der Waals surface area contributed by atoms with Crippen molar-refractivity contribution in [2.24, 2.45) is 5.16 Å². The van der Waals surface area contributed by atoms with Crippen LogP contribution in [0.15, 0.2) is 60.0 Å². The molecule has 0 fully saturated rings. The van der Waals surface area contributed by atoms with Gasteiger partial charge in [0.1, 0.15) is 6.10 Å². The number of carbonyl (C=O) groups excluding carboxylic acids is 1. The second-order valence-electron chi connectivity index (χ2n) is 6.47. The van der Waals surface area contributed by atoms with Crippen LogP contribution >= 0.6 is 0 Å². The van der Waals surface area contributed by atoms with Gasteiger partial charge < -0.3 is 10.2 Å². The summed E-state index contributed by atoms with van der Waals surface area (Å²) in [5.41, 5.74) is 3.99. The Labute approximate surface area is 157 Å². The van der Waals surface area contributed by atoms with Crippen LogP contribution in [0, 0.1) is 0 Å². The summed E-state index contributed by atoms with van der Waals surface area (Å²) in [6, 6.07) is 13.3. The largest absolute Gasteiger partial charge is 0.390 e. The molecule has 136 valence electrons. The summed E-state index contributed by atoms with van der Waals surface area (Å²) in [5.74, 6) is -0.146. The van der Waals surface area contributed by atoms with Crippen molar-refractivity contribution in [2.45, 2.75) is 25.9 Å². The first kappa shape index (κ1) is 17.1. The molecule has 1 aromatic carbocycles. The van der Waals surface area contributed by atoms with Gasteiger partial charge in [0, 0.05) is 29.8 Å². The van der Waals surface area contributed by atoms with Gasteiger partial charge in [-0.25, -0.2) is 4.98 Å². The van der Waals surface area contributed by atoms with Gasteiger partial charge in [0.15, 0.2) is 0 Å². The Morgan fingerprint density at radius 3 is 2.93 bits per heavy atom. The Kier molecular flexibility index (Phi) is 4.78. The molecule has 0 spiro atoms. The number of hydrogen-bond donors (Lipinski definition) is 1. The zero-order valence-corrected chi connectivity index (χ0v) is 15.1. The van der Waals surface area contributed by atoms with Crippen molar-refractivity contribution < 1.29 is 9.63 Å². The standard InChI is InChI=1S/C21H20N4O2/c1-2-15-10-16(27-25-15)13-23-21(26)18-11-20(14-6-5-9-22-12-14)24-19-8-4-3-7-17(18)19/h3-9,11-12,16H,2,10,13H2,1H3,(H,23,26)/t16-/m1/s1. The number of amides is 1. The van der Waals surface area contributed by atoms with Crippen LogP contribution in [0.5, 0.6) is 0 Å². The van der Waals surface area contributed by atoms with Crippen LogP contribution in [-0.4, -0.2) is 34.2 Å². The van der Waals surface area contributed by atoms with Crippen molar-refractivity contribution >= 4 is 22.5 Å². The highest BCUT2D eigenvalue weighted by molar-refractivity contribution is 6.07. The summed E-state index contributed by atoms with van der Waals surface area (Å²) in [4.78, 5) is 27.1. The van der Waals surface area contributed by atoms with Gasteiger partial charge in [-0.15, -0.1) is 0 Å². The van der Waals surface area contributed by atoms with Crippen LogP contribution < -0.4 is 5.32 Å². The molecule has 6 nitrogen and oxygen atoms in total. The lowest BCUT2D eigenvalue weighted by Crippen LogP contribution is -2.32. The summed E-state index contributed by atoms with van der Waals surface area (Å²) in [7, 11) is 0. The molecule has 27 heavy (non-hydrogen) atoms. The maximum absolute atomic E-state index is 12.9. The molecule has 0 bridgehead atoms. The minimum Gasteiger partial charge on any atom is -0.390 e. The Morgan fingerprint density at radius 1 is 1.26 bits per heavy atom. The number of aromatic nitrogens is 2. The van der Waals surface area contributed by atoms with E-state index < -0.39 is 0 Å². The summed E-state index contributed by atoms with van der Waals surface area (Å²) in [6.07, 6.45) is 4.99. The number of fused-ring (bicyclic) bond motifs is 1. The second-order valence-corrected chi connectivity index (χ2v) is 6.47. The predicted octanol–water partition coefficient (Wildman–Crippen LogP) is 3.58. The van der Waals surface area contributed by atoms with Crippen LogP contribution in [0.3, 0.4) is 0 Å². The molecule has 3 aromatic rings. The van der Waals surface area contributed by atoms with Gasteiger partial charge in [-0.2, -0.15) is 0 Å². The normalized spacial score (nSPS) is 16.0. The molecule has 1 aliphatic heterocycles. The molecule has 0 saturated heterocycles. The fourth-order valence-electron chi connectivity index (χ4n) is 3.13. The number of benzene rings is 1. The molecule has 3 heterocycles.